The molecule has 0 aliphatic carbocycles. The zero-order chi connectivity index (χ0) is 17.8. The third kappa shape index (κ3) is 3.99. The summed E-state index contributed by atoms with van der Waals surface area (Å²) >= 11 is 0. The molecule has 4 rings (SSSR count). The van der Waals surface area contributed by atoms with Crippen LogP contribution in [0.15, 0.2) is 28.7 Å². The average molecular weight is 359 g/mol. The van der Waals surface area contributed by atoms with E-state index in [1.54, 1.807) is 0 Å². The summed E-state index contributed by atoms with van der Waals surface area (Å²) in [5.41, 5.74) is 1.65. The smallest absolute Gasteiger partial charge is 0.298 e. The van der Waals surface area contributed by atoms with Crippen molar-refractivity contribution in [2.45, 2.75) is 25.4 Å². The van der Waals surface area contributed by atoms with Crippen molar-refractivity contribution in [3.63, 3.8) is 0 Å². The molecule has 1 aromatic heterocycles. The average Bonchev–Trinajstić information content (AvgIpc) is 3.13. The SMILES string of the molecule is O=C(COC[C@H]1CCCCO1)N1CCN(c2nc3ccccc3o2)CC1. The van der Waals surface area contributed by atoms with Crippen molar-refractivity contribution < 1.29 is 18.7 Å². The van der Waals surface area contributed by atoms with Crippen LogP contribution in [0, 0.1) is 0 Å². The van der Waals surface area contributed by atoms with Gasteiger partial charge in [0.15, 0.2) is 5.58 Å². The van der Waals surface area contributed by atoms with Crippen LogP contribution in [0.1, 0.15) is 19.3 Å². The number of hydrogen-bond acceptors (Lipinski definition) is 6. The summed E-state index contributed by atoms with van der Waals surface area (Å²) in [5, 5.41) is 0. The van der Waals surface area contributed by atoms with Gasteiger partial charge in [-0.05, 0) is 31.4 Å². The molecule has 1 aromatic carbocycles. The Morgan fingerprint density at radius 1 is 1.19 bits per heavy atom. The maximum atomic E-state index is 12.3. The van der Waals surface area contributed by atoms with Crippen LogP contribution >= 0.6 is 0 Å². The normalized spacial score (nSPS) is 21.3. The largest absolute Gasteiger partial charge is 0.423 e. The number of para-hydroxylation sites is 2. The van der Waals surface area contributed by atoms with Gasteiger partial charge in [0, 0.05) is 32.8 Å². The van der Waals surface area contributed by atoms with E-state index in [0.29, 0.717) is 38.8 Å². The molecule has 140 valence electrons. The number of carbonyl (C=O) groups excluding carboxylic acids is 1. The van der Waals surface area contributed by atoms with Crippen LogP contribution in [0.25, 0.3) is 11.1 Å². The van der Waals surface area contributed by atoms with Gasteiger partial charge in [-0.2, -0.15) is 4.98 Å². The third-order valence-corrected chi connectivity index (χ3v) is 4.99. The molecule has 2 aliphatic rings. The second-order valence-corrected chi connectivity index (χ2v) is 6.84. The van der Waals surface area contributed by atoms with E-state index in [1.807, 2.05) is 29.2 Å². The van der Waals surface area contributed by atoms with Gasteiger partial charge in [0.05, 0.1) is 12.7 Å². The quantitative estimate of drug-likeness (QED) is 0.814. The second kappa shape index (κ2) is 8.05. The third-order valence-electron chi connectivity index (χ3n) is 4.99. The highest BCUT2D eigenvalue weighted by Gasteiger charge is 2.24. The number of benzene rings is 1. The lowest BCUT2D eigenvalue weighted by Gasteiger charge is -2.33. The second-order valence-electron chi connectivity index (χ2n) is 6.84. The minimum Gasteiger partial charge on any atom is -0.423 e. The van der Waals surface area contributed by atoms with Crippen LogP contribution in [0.5, 0.6) is 0 Å². The fraction of sp³-hybridized carbons (Fsp3) is 0.579. The molecular weight excluding hydrogens is 334 g/mol. The Hall–Kier alpha value is -2.12. The van der Waals surface area contributed by atoms with Crippen molar-refractivity contribution in [2.24, 2.45) is 0 Å². The van der Waals surface area contributed by atoms with Crippen molar-refractivity contribution in [2.75, 3.05) is 50.9 Å². The number of nitrogens with zero attached hydrogens (tertiary/aromatic N) is 3. The Kier molecular flexibility index (Phi) is 5.36. The van der Waals surface area contributed by atoms with Crippen LogP contribution in [0.4, 0.5) is 6.01 Å². The van der Waals surface area contributed by atoms with Crippen molar-refractivity contribution in [1.29, 1.82) is 0 Å². The zero-order valence-electron chi connectivity index (χ0n) is 14.9. The first kappa shape index (κ1) is 17.3. The number of hydrogen-bond donors (Lipinski definition) is 0. The minimum atomic E-state index is 0.0398. The fourth-order valence-corrected chi connectivity index (χ4v) is 3.45. The monoisotopic (exact) mass is 359 g/mol. The summed E-state index contributed by atoms with van der Waals surface area (Å²) in [4.78, 5) is 20.8. The van der Waals surface area contributed by atoms with Crippen molar-refractivity contribution in [1.82, 2.24) is 9.88 Å². The molecule has 7 nitrogen and oxygen atoms in total. The van der Waals surface area contributed by atoms with E-state index >= 15 is 0 Å². The molecule has 2 aromatic rings. The number of carbonyl (C=O) groups is 1. The molecule has 0 radical (unpaired) electrons. The van der Waals surface area contributed by atoms with Crippen LogP contribution in [-0.2, 0) is 14.3 Å². The number of amides is 1. The molecule has 0 N–H and O–H groups in total. The Morgan fingerprint density at radius 3 is 2.81 bits per heavy atom. The first-order valence-corrected chi connectivity index (χ1v) is 9.37. The van der Waals surface area contributed by atoms with E-state index in [0.717, 1.165) is 30.5 Å². The van der Waals surface area contributed by atoms with Crippen LogP contribution in [0.2, 0.25) is 0 Å². The lowest BCUT2D eigenvalue weighted by atomic mass is 10.1. The Balaban J connectivity index is 1.23. The van der Waals surface area contributed by atoms with E-state index in [4.69, 9.17) is 13.9 Å². The fourth-order valence-electron chi connectivity index (χ4n) is 3.45. The lowest BCUT2D eigenvalue weighted by molar-refractivity contribution is -0.138. The van der Waals surface area contributed by atoms with E-state index in [2.05, 4.69) is 9.88 Å². The van der Waals surface area contributed by atoms with Gasteiger partial charge in [0.2, 0.25) is 5.91 Å². The molecule has 0 unspecified atom stereocenters. The van der Waals surface area contributed by atoms with Crippen molar-refractivity contribution in [3.05, 3.63) is 24.3 Å². The predicted molar refractivity (Wildman–Crippen MR) is 97.2 cm³/mol. The number of fused-ring (bicyclic) bond motifs is 1. The Morgan fingerprint density at radius 2 is 2.04 bits per heavy atom. The molecule has 1 amide bonds. The minimum absolute atomic E-state index is 0.0398. The molecule has 2 saturated heterocycles. The molecule has 26 heavy (non-hydrogen) atoms. The zero-order valence-corrected chi connectivity index (χ0v) is 14.9. The van der Waals surface area contributed by atoms with E-state index in [9.17, 15) is 4.79 Å². The summed E-state index contributed by atoms with van der Waals surface area (Å²) in [6.07, 6.45) is 3.48. The maximum absolute atomic E-state index is 12.3. The van der Waals surface area contributed by atoms with Crippen molar-refractivity contribution >= 4 is 23.0 Å². The highest BCUT2D eigenvalue weighted by Crippen LogP contribution is 2.22. The highest BCUT2D eigenvalue weighted by atomic mass is 16.5. The van der Waals surface area contributed by atoms with Gasteiger partial charge in [0.25, 0.3) is 6.01 Å². The number of oxazole rings is 1. The summed E-state index contributed by atoms with van der Waals surface area (Å²) < 4.78 is 17.0. The molecule has 0 saturated carbocycles. The van der Waals surface area contributed by atoms with Crippen LogP contribution < -0.4 is 4.90 Å². The Labute approximate surface area is 152 Å². The van der Waals surface area contributed by atoms with Gasteiger partial charge in [-0.25, -0.2) is 0 Å². The van der Waals surface area contributed by atoms with Crippen molar-refractivity contribution in [3.8, 4) is 0 Å². The molecule has 3 heterocycles. The first-order valence-electron chi connectivity index (χ1n) is 9.37. The van der Waals surface area contributed by atoms with Gasteiger partial charge >= 0.3 is 0 Å². The van der Waals surface area contributed by atoms with Gasteiger partial charge in [-0.15, -0.1) is 0 Å². The van der Waals surface area contributed by atoms with Gasteiger partial charge in [0.1, 0.15) is 12.1 Å². The number of anilines is 1. The van der Waals surface area contributed by atoms with E-state index < -0.39 is 0 Å². The van der Waals surface area contributed by atoms with Crippen LogP contribution in [-0.4, -0.2) is 67.9 Å². The molecule has 2 fully saturated rings. The number of piperazine rings is 1. The summed E-state index contributed by atoms with van der Waals surface area (Å²) in [7, 11) is 0. The maximum Gasteiger partial charge on any atom is 0.298 e. The van der Waals surface area contributed by atoms with Crippen LogP contribution in [0.3, 0.4) is 0 Å². The summed E-state index contributed by atoms with van der Waals surface area (Å²) in [5.74, 6) is 0.0398. The molecule has 0 spiro atoms. The highest BCUT2D eigenvalue weighted by molar-refractivity contribution is 5.78. The molecular formula is C19H25N3O4. The van der Waals surface area contributed by atoms with E-state index in [1.165, 1.54) is 6.42 Å². The first-order chi connectivity index (χ1) is 12.8. The van der Waals surface area contributed by atoms with Gasteiger partial charge in [-0.3, -0.25) is 4.79 Å². The lowest BCUT2D eigenvalue weighted by Crippen LogP contribution is -2.50. The standard InChI is InChI=1S/C19H25N3O4/c23-18(14-24-13-15-5-3-4-12-25-15)21-8-10-22(11-9-21)19-20-16-6-1-2-7-17(16)26-19/h1-2,6-7,15H,3-5,8-14H2/t15-/m1/s1. The molecule has 7 heteroatoms. The number of aromatic nitrogens is 1. The van der Waals surface area contributed by atoms with Gasteiger partial charge < -0.3 is 23.7 Å². The molecule has 1 atom stereocenters. The molecule has 2 aliphatic heterocycles. The topological polar surface area (TPSA) is 68.0 Å². The number of ether oxygens (including phenoxy) is 2. The Bertz CT molecular complexity index is 700. The van der Waals surface area contributed by atoms with Gasteiger partial charge in [-0.1, -0.05) is 12.1 Å². The van der Waals surface area contributed by atoms with E-state index in [-0.39, 0.29) is 18.6 Å². The summed E-state index contributed by atoms with van der Waals surface area (Å²) in [6.45, 7) is 4.17. The summed E-state index contributed by atoms with van der Waals surface area (Å²) in [6, 6.07) is 8.37. The number of rotatable bonds is 5. The molecule has 0 bridgehead atoms. The predicted octanol–water partition coefficient (Wildman–Crippen LogP) is 2.06.